The molecule has 2 aliphatic rings. The summed E-state index contributed by atoms with van der Waals surface area (Å²) in [5.74, 6) is 2.86. The van der Waals surface area contributed by atoms with Gasteiger partial charge in [-0.2, -0.15) is 0 Å². The molecule has 1 atom stereocenters. The third-order valence-corrected chi connectivity index (χ3v) is 6.52. The van der Waals surface area contributed by atoms with Crippen LogP contribution in [0.3, 0.4) is 0 Å². The van der Waals surface area contributed by atoms with Crippen LogP contribution in [0.25, 0.3) is 0 Å². The number of aliphatic imine (C=N–C) groups is 1. The van der Waals surface area contributed by atoms with E-state index in [2.05, 4.69) is 39.2 Å². The van der Waals surface area contributed by atoms with Gasteiger partial charge in [0.1, 0.15) is 12.4 Å². The maximum Gasteiger partial charge on any atom is 0.194 e. The van der Waals surface area contributed by atoms with E-state index in [1.807, 2.05) is 18.5 Å². The number of morpholine rings is 1. The van der Waals surface area contributed by atoms with Gasteiger partial charge < -0.3 is 19.5 Å². The van der Waals surface area contributed by atoms with Gasteiger partial charge in [0.2, 0.25) is 0 Å². The Bertz CT molecular complexity index is 685. The van der Waals surface area contributed by atoms with Gasteiger partial charge in [-0.1, -0.05) is 20.3 Å². The first-order valence-electron chi connectivity index (χ1n) is 11.7. The molecule has 1 N–H and O–H groups in total. The number of aryl methyl sites for hydroxylation is 1. The molecule has 0 aromatic carbocycles. The number of halogens is 1. The summed E-state index contributed by atoms with van der Waals surface area (Å²) in [6, 6.07) is 0. The Labute approximate surface area is 205 Å². The van der Waals surface area contributed by atoms with Crippen molar-refractivity contribution < 1.29 is 4.74 Å². The Kier molecular flexibility index (Phi) is 11.0. The predicted molar refractivity (Wildman–Crippen MR) is 136 cm³/mol. The molecule has 178 valence electrons. The molecule has 0 bridgehead atoms. The van der Waals surface area contributed by atoms with Gasteiger partial charge in [-0.05, 0) is 44.6 Å². The second kappa shape index (κ2) is 12.9. The summed E-state index contributed by atoms with van der Waals surface area (Å²) in [6.07, 6.45) is 6.17. The lowest BCUT2D eigenvalue weighted by atomic mass is 9.78. The Morgan fingerprint density at radius 2 is 2.00 bits per heavy atom. The van der Waals surface area contributed by atoms with Crippen LogP contribution in [-0.4, -0.2) is 83.0 Å². The Hall–Kier alpha value is -0.940. The van der Waals surface area contributed by atoms with Crippen LogP contribution in [0.4, 0.5) is 0 Å². The van der Waals surface area contributed by atoms with E-state index in [1.54, 1.807) is 0 Å². The minimum absolute atomic E-state index is 0. The number of guanidine groups is 1. The molecule has 0 amide bonds. The maximum atomic E-state index is 5.45. The molecule has 3 rings (SSSR count). The number of ether oxygens (including phenoxy) is 1. The molecule has 0 saturated carbocycles. The van der Waals surface area contributed by atoms with Crippen molar-refractivity contribution in [1.29, 1.82) is 0 Å². The monoisotopic (exact) mass is 547 g/mol. The van der Waals surface area contributed by atoms with Gasteiger partial charge in [-0.25, -0.2) is 4.99 Å². The summed E-state index contributed by atoms with van der Waals surface area (Å²) in [5.41, 5.74) is 0.380. The van der Waals surface area contributed by atoms with Crippen molar-refractivity contribution in [3.63, 3.8) is 0 Å². The summed E-state index contributed by atoms with van der Waals surface area (Å²) in [5, 5.41) is 12.1. The third-order valence-electron chi connectivity index (χ3n) is 6.52. The van der Waals surface area contributed by atoms with Gasteiger partial charge >= 0.3 is 0 Å². The normalized spacial score (nSPS) is 23.0. The van der Waals surface area contributed by atoms with Crippen molar-refractivity contribution in [3.05, 3.63) is 11.6 Å². The summed E-state index contributed by atoms with van der Waals surface area (Å²) in [6.45, 7) is 15.3. The summed E-state index contributed by atoms with van der Waals surface area (Å²) >= 11 is 0. The number of hydrogen-bond acceptors (Lipinski definition) is 5. The summed E-state index contributed by atoms with van der Waals surface area (Å²) in [4.78, 5) is 9.94. The molecule has 2 fully saturated rings. The number of piperidine rings is 1. The number of hydrogen-bond donors (Lipinski definition) is 1. The van der Waals surface area contributed by atoms with Crippen molar-refractivity contribution in [3.8, 4) is 0 Å². The first-order valence-corrected chi connectivity index (χ1v) is 11.7. The van der Waals surface area contributed by atoms with E-state index in [9.17, 15) is 0 Å². The number of likely N-dealkylation sites (tertiary alicyclic amines) is 1. The first kappa shape index (κ1) is 26.3. The topological polar surface area (TPSA) is 70.8 Å². The Morgan fingerprint density at radius 3 is 2.68 bits per heavy atom. The van der Waals surface area contributed by atoms with Crippen LogP contribution in [0.5, 0.6) is 0 Å². The number of nitrogens with zero attached hydrogens (tertiary/aromatic N) is 6. The predicted octanol–water partition coefficient (Wildman–Crippen LogP) is 2.81. The average Bonchev–Trinajstić information content (AvgIpc) is 3.06. The smallest absolute Gasteiger partial charge is 0.194 e. The van der Waals surface area contributed by atoms with E-state index in [1.165, 1.54) is 25.7 Å². The molecule has 31 heavy (non-hydrogen) atoms. The third kappa shape index (κ3) is 7.85. The fourth-order valence-electron chi connectivity index (χ4n) is 4.63. The molecule has 0 radical (unpaired) electrons. The minimum atomic E-state index is 0. The van der Waals surface area contributed by atoms with E-state index < -0.39 is 0 Å². The average molecular weight is 548 g/mol. The van der Waals surface area contributed by atoms with Gasteiger partial charge in [0, 0.05) is 39.8 Å². The number of nitrogens with one attached hydrogen (secondary N) is 1. The molecular formula is C22H42IN7O. The van der Waals surface area contributed by atoms with Crippen LogP contribution in [0.15, 0.2) is 4.99 Å². The highest BCUT2D eigenvalue weighted by Crippen LogP contribution is 2.33. The molecule has 8 nitrogen and oxygen atoms in total. The molecule has 1 aromatic rings. The second-order valence-corrected chi connectivity index (χ2v) is 9.18. The molecule has 1 unspecified atom stereocenters. The quantitative estimate of drug-likeness (QED) is 0.234. The molecule has 0 aliphatic carbocycles. The number of aromatic nitrogens is 3. The van der Waals surface area contributed by atoms with Gasteiger partial charge in [-0.3, -0.25) is 4.90 Å². The molecule has 3 heterocycles. The highest BCUT2D eigenvalue weighted by atomic mass is 127. The summed E-state index contributed by atoms with van der Waals surface area (Å²) < 4.78 is 7.48. The molecule has 1 aromatic heterocycles. The van der Waals surface area contributed by atoms with E-state index in [0.29, 0.717) is 12.0 Å². The zero-order chi connectivity index (χ0) is 21.4. The lowest BCUT2D eigenvalue weighted by Crippen LogP contribution is -2.50. The van der Waals surface area contributed by atoms with Crippen molar-refractivity contribution in [2.75, 3.05) is 52.5 Å². The fourth-order valence-corrected chi connectivity index (χ4v) is 4.63. The largest absolute Gasteiger partial charge is 0.379 e. The highest BCUT2D eigenvalue weighted by Gasteiger charge is 2.31. The van der Waals surface area contributed by atoms with Gasteiger partial charge in [-0.15, -0.1) is 34.2 Å². The standard InChI is InChI=1S/C22H41N7O.HI/c1-5-8-22(3)9-6-12-29(18-22)21(24-17-20-26-25-19(2)27(20)4)23-10-7-11-28-13-15-30-16-14-28;/h5-18H2,1-4H3,(H,23,24);1H. The first-order chi connectivity index (χ1) is 14.5. The van der Waals surface area contributed by atoms with Crippen molar-refractivity contribution in [2.24, 2.45) is 17.5 Å². The van der Waals surface area contributed by atoms with E-state index in [4.69, 9.17) is 9.73 Å². The zero-order valence-corrected chi connectivity index (χ0v) is 22.2. The second-order valence-electron chi connectivity index (χ2n) is 9.18. The highest BCUT2D eigenvalue weighted by molar-refractivity contribution is 14.0. The van der Waals surface area contributed by atoms with Gasteiger partial charge in [0.15, 0.2) is 11.8 Å². The Morgan fingerprint density at radius 1 is 1.23 bits per heavy atom. The number of rotatable bonds is 8. The fraction of sp³-hybridized carbons (Fsp3) is 0.864. The lowest BCUT2D eigenvalue weighted by Gasteiger charge is -2.42. The minimum Gasteiger partial charge on any atom is -0.379 e. The van der Waals surface area contributed by atoms with Crippen LogP contribution in [0, 0.1) is 12.3 Å². The molecule has 0 spiro atoms. The SMILES string of the molecule is CCCC1(C)CCCN(C(=NCc2nnc(C)n2C)NCCCN2CCOCC2)C1.I. The van der Waals surface area contributed by atoms with Crippen molar-refractivity contribution in [2.45, 2.75) is 59.4 Å². The van der Waals surface area contributed by atoms with Crippen LogP contribution in [-0.2, 0) is 18.3 Å². The molecule has 2 saturated heterocycles. The van der Waals surface area contributed by atoms with Crippen LogP contribution in [0.1, 0.15) is 57.6 Å². The molecule has 9 heteroatoms. The Balaban J connectivity index is 0.00000341. The van der Waals surface area contributed by atoms with Crippen molar-refractivity contribution >= 4 is 29.9 Å². The van der Waals surface area contributed by atoms with Crippen molar-refractivity contribution in [1.82, 2.24) is 29.9 Å². The van der Waals surface area contributed by atoms with E-state index >= 15 is 0 Å². The maximum absolute atomic E-state index is 5.45. The van der Waals surface area contributed by atoms with E-state index in [-0.39, 0.29) is 24.0 Å². The van der Waals surface area contributed by atoms with Gasteiger partial charge in [0.25, 0.3) is 0 Å². The van der Waals surface area contributed by atoms with Crippen LogP contribution in [0.2, 0.25) is 0 Å². The van der Waals surface area contributed by atoms with Crippen LogP contribution >= 0.6 is 24.0 Å². The zero-order valence-electron chi connectivity index (χ0n) is 19.9. The van der Waals surface area contributed by atoms with Gasteiger partial charge in [0.05, 0.1) is 13.2 Å². The summed E-state index contributed by atoms with van der Waals surface area (Å²) in [7, 11) is 2.01. The lowest BCUT2D eigenvalue weighted by molar-refractivity contribution is 0.0375. The van der Waals surface area contributed by atoms with E-state index in [0.717, 1.165) is 76.5 Å². The molecular weight excluding hydrogens is 505 g/mol. The molecule has 2 aliphatic heterocycles. The van der Waals surface area contributed by atoms with Crippen LogP contribution < -0.4 is 5.32 Å².